The zero-order chi connectivity index (χ0) is 10.9. The summed E-state index contributed by atoms with van der Waals surface area (Å²) in [5.74, 6) is -0.373. The summed E-state index contributed by atoms with van der Waals surface area (Å²) in [6.07, 6.45) is -4.69. The van der Waals surface area contributed by atoms with Crippen LogP contribution in [-0.4, -0.2) is 11.3 Å². The molecule has 0 amide bonds. The van der Waals surface area contributed by atoms with Gasteiger partial charge in [-0.05, 0) is 42.5 Å². The minimum Gasteiger partial charge on any atom is -0.388 e. The topological polar surface area (TPSA) is 22.1 Å². The van der Waals surface area contributed by atoms with Crippen LogP contribution in [0.15, 0.2) is 6.07 Å². The van der Waals surface area contributed by atoms with E-state index in [1.165, 1.54) is 6.92 Å². The van der Waals surface area contributed by atoms with Crippen LogP contribution in [0.2, 0.25) is 0 Å². The summed E-state index contributed by atoms with van der Waals surface area (Å²) >= 11 is 1.94. The zero-order valence-corrected chi connectivity index (χ0v) is 9.60. The number of rotatable bonds is 1. The van der Waals surface area contributed by atoms with Gasteiger partial charge < -0.3 is 4.74 Å². The molecule has 0 aromatic carbocycles. The molecule has 2 nitrogen and oxygen atoms in total. The third-order valence-electron chi connectivity index (χ3n) is 1.50. The summed E-state index contributed by atoms with van der Waals surface area (Å²) in [4.78, 5) is 3.67. The largest absolute Gasteiger partial charge is 0.574 e. The fraction of sp³-hybridized carbons (Fsp3) is 0.375. The van der Waals surface area contributed by atoms with Crippen molar-refractivity contribution in [2.75, 3.05) is 0 Å². The maximum atomic E-state index is 11.9. The molecule has 0 aliphatic heterocycles. The molecule has 0 saturated heterocycles. The van der Waals surface area contributed by atoms with Gasteiger partial charge in [0.2, 0.25) is 5.88 Å². The van der Waals surface area contributed by atoms with Crippen molar-refractivity contribution in [3.63, 3.8) is 0 Å². The molecular formula is C8H7F3INO. The first-order valence-corrected chi connectivity index (χ1v) is 4.77. The van der Waals surface area contributed by atoms with Gasteiger partial charge in [-0.1, -0.05) is 0 Å². The Kier molecular flexibility index (Phi) is 3.23. The van der Waals surface area contributed by atoms with Gasteiger partial charge in [0.05, 0.1) is 0 Å². The smallest absolute Gasteiger partial charge is 0.388 e. The molecule has 0 fully saturated rings. The number of ether oxygens (including phenoxy) is 1. The Bertz CT molecular complexity index is 351. The Balaban J connectivity index is 3.09. The van der Waals surface area contributed by atoms with Crippen molar-refractivity contribution in [3.05, 3.63) is 20.9 Å². The zero-order valence-electron chi connectivity index (χ0n) is 7.44. The number of aryl methyl sites for hydroxylation is 1. The Hall–Kier alpha value is -0.530. The van der Waals surface area contributed by atoms with Crippen LogP contribution in [-0.2, 0) is 0 Å². The molecule has 1 rings (SSSR count). The Labute approximate surface area is 92.6 Å². The van der Waals surface area contributed by atoms with Gasteiger partial charge in [-0.3, -0.25) is 0 Å². The second kappa shape index (κ2) is 3.92. The van der Waals surface area contributed by atoms with Crippen LogP contribution in [0, 0.1) is 17.4 Å². The lowest BCUT2D eigenvalue weighted by Gasteiger charge is -2.11. The average molecular weight is 317 g/mol. The maximum Gasteiger partial charge on any atom is 0.574 e. The highest BCUT2D eigenvalue weighted by atomic mass is 127. The first kappa shape index (κ1) is 11.5. The SMILES string of the molecule is Cc1cc(I)c(C)c(OC(F)(F)F)n1. The van der Waals surface area contributed by atoms with Gasteiger partial charge in [0.15, 0.2) is 0 Å². The molecule has 0 spiro atoms. The Morgan fingerprint density at radius 3 is 2.43 bits per heavy atom. The fourth-order valence-corrected chi connectivity index (χ4v) is 1.56. The highest BCUT2D eigenvalue weighted by molar-refractivity contribution is 14.1. The second-order valence-electron chi connectivity index (χ2n) is 2.72. The number of nitrogens with zero attached hydrogens (tertiary/aromatic N) is 1. The summed E-state index contributed by atoms with van der Waals surface area (Å²) in [7, 11) is 0. The summed E-state index contributed by atoms with van der Waals surface area (Å²) in [6.45, 7) is 3.15. The molecule has 0 aliphatic rings. The molecule has 0 radical (unpaired) electrons. The number of hydrogen-bond acceptors (Lipinski definition) is 2. The van der Waals surface area contributed by atoms with Crippen molar-refractivity contribution in [3.8, 4) is 5.88 Å². The van der Waals surface area contributed by atoms with Crippen LogP contribution in [0.1, 0.15) is 11.3 Å². The monoisotopic (exact) mass is 317 g/mol. The molecule has 1 aromatic heterocycles. The highest BCUT2D eigenvalue weighted by Gasteiger charge is 2.32. The average Bonchev–Trinajstić information content (AvgIpc) is 1.96. The normalized spacial score (nSPS) is 11.6. The van der Waals surface area contributed by atoms with Crippen LogP contribution in [0.5, 0.6) is 5.88 Å². The number of pyridine rings is 1. The quantitative estimate of drug-likeness (QED) is 0.742. The van der Waals surface area contributed by atoms with Crippen LogP contribution < -0.4 is 4.74 Å². The molecule has 0 N–H and O–H groups in total. The van der Waals surface area contributed by atoms with Gasteiger partial charge in [-0.15, -0.1) is 13.2 Å². The lowest BCUT2D eigenvalue weighted by Crippen LogP contribution is -2.19. The predicted octanol–water partition coefficient (Wildman–Crippen LogP) is 3.20. The lowest BCUT2D eigenvalue weighted by atomic mass is 10.3. The summed E-state index contributed by atoms with van der Waals surface area (Å²) < 4.78 is 40.2. The van der Waals surface area contributed by atoms with E-state index in [0.717, 1.165) is 0 Å². The van der Waals surface area contributed by atoms with Crippen LogP contribution in [0.4, 0.5) is 13.2 Å². The molecule has 0 unspecified atom stereocenters. The molecule has 14 heavy (non-hydrogen) atoms. The molecule has 0 atom stereocenters. The van der Waals surface area contributed by atoms with E-state index in [1.54, 1.807) is 13.0 Å². The minimum absolute atomic E-state index is 0.373. The number of aromatic nitrogens is 1. The summed E-state index contributed by atoms with van der Waals surface area (Å²) in [5.41, 5.74) is 0.896. The molecule has 1 aromatic rings. The molecule has 1 heterocycles. The van der Waals surface area contributed by atoms with Crippen molar-refractivity contribution in [1.82, 2.24) is 4.98 Å². The van der Waals surface area contributed by atoms with E-state index in [-0.39, 0.29) is 5.88 Å². The van der Waals surface area contributed by atoms with E-state index in [0.29, 0.717) is 14.8 Å². The Morgan fingerprint density at radius 2 is 1.93 bits per heavy atom. The molecule has 6 heteroatoms. The predicted molar refractivity (Wildman–Crippen MR) is 53.1 cm³/mol. The van der Waals surface area contributed by atoms with E-state index < -0.39 is 6.36 Å². The molecular weight excluding hydrogens is 310 g/mol. The van der Waals surface area contributed by atoms with Gasteiger partial charge in [0.25, 0.3) is 0 Å². The van der Waals surface area contributed by atoms with Gasteiger partial charge >= 0.3 is 6.36 Å². The van der Waals surface area contributed by atoms with E-state index in [1.807, 2.05) is 22.6 Å². The van der Waals surface area contributed by atoms with Crippen molar-refractivity contribution in [1.29, 1.82) is 0 Å². The second-order valence-corrected chi connectivity index (χ2v) is 3.89. The van der Waals surface area contributed by atoms with Gasteiger partial charge in [0.1, 0.15) is 0 Å². The standard InChI is InChI=1S/C8H7F3INO/c1-4-3-6(12)5(2)7(13-4)14-8(9,10)11/h3H,1-2H3. The van der Waals surface area contributed by atoms with Crippen molar-refractivity contribution in [2.24, 2.45) is 0 Å². The molecule has 0 saturated carbocycles. The first-order chi connectivity index (χ1) is 6.29. The molecule has 0 bridgehead atoms. The maximum absolute atomic E-state index is 11.9. The van der Waals surface area contributed by atoms with E-state index in [4.69, 9.17) is 0 Å². The fourth-order valence-electron chi connectivity index (χ4n) is 0.879. The van der Waals surface area contributed by atoms with Crippen LogP contribution in [0.25, 0.3) is 0 Å². The lowest BCUT2D eigenvalue weighted by molar-refractivity contribution is -0.276. The molecule has 78 valence electrons. The number of hydrogen-bond donors (Lipinski definition) is 0. The van der Waals surface area contributed by atoms with Crippen LogP contribution >= 0.6 is 22.6 Å². The van der Waals surface area contributed by atoms with Gasteiger partial charge in [0, 0.05) is 14.8 Å². The first-order valence-electron chi connectivity index (χ1n) is 3.69. The van der Waals surface area contributed by atoms with Crippen molar-refractivity contribution < 1.29 is 17.9 Å². The van der Waals surface area contributed by atoms with E-state index >= 15 is 0 Å². The third-order valence-corrected chi connectivity index (χ3v) is 2.63. The highest BCUT2D eigenvalue weighted by Crippen LogP contribution is 2.27. The number of alkyl halides is 3. The third kappa shape index (κ3) is 3.00. The van der Waals surface area contributed by atoms with Gasteiger partial charge in [-0.25, -0.2) is 4.98 Å². The van der Waals surface area contributed by atoms with E-state index in [9.17, 15) is 13.2 Å². The van der Waals surface area contributed by atoms with Crippen molar-refractivity contribution >= 4 is 22.6 Å². The Morgan fingerprint density at radius 1 is 1.36 bits per heavy atom. The molecule has 0 aliphatic carbocycles. The van der Waals surface area contributed by atoms with Gasteiger partial charge in [-0.2, -0.15) is 0 Å². The summed E-state index contributed by atoms with van der Waals surface area (Å²) in [6, 6.07) is 1.69. The number of halogens is 4. The van der Waals surface area contributed by atoms with Crippen LogP contribution in [0.3, 0.4) is 0 Å². The van der Waals surface area contributed by atoms with Crippen molar-refractivity contribution in [2.45, 2.75) is 20.2 Å². The van der Waals surface area contributed by atoms with E-state index in [2.05, 4.69) is 9.72 Å². The summed E-state index contributed by atoms with van der Waals surface area (Å²) in [5, 5.41) is 0. The minimum atomic E-state index is -4.69.